The number of hydrogen-bond acceptors (Lipinski definition) is 11. The minimum absolute atomic E-state index is 0.0350. The van der Waals surface area contributed by atoms with Gasteiger partial charge in [0.15, 0.2) is 0 Å². The van der Waals surface area contributed by atoms with Crippen LogP contribution < -0.4 is 27.0 Å². The lowest BCUT2D eigenvalue weighted by Gasteiger charge is -2.29. The van der Waals surface area contributed by atoms with E-state index in [-0.39, 0.29) is 24.5 Å². The van der Waals surface area contributed by atoms with Crippen molar-refractivity contribution in [2.45, 2.75) is 56.0 Å². The van der Waals surface area contributed by atoms with Gasteiger partial charge in [0.05, 0.1) is 19.3 Å². The van der Waals surface area contributed by atoms with E-state index in [0.717, 1.165) is 4.90 Å². The van der Waals surface area contributed by atoms with Gasteiger partial charge in [0, 0.05) is 18.1 Å². The van der Waals surface area contributed by atoms with Crippen molar-refractivity contribution in [1.82, 2.24) is 26.2 Å². The van der Waals surface area contributed by atoms with Crippen molar-refractivity contribution in [3.05, 3.63) is 0 Å². The minimum Gasteiger partial charge on any atom is -0.480 e. The largest absolute Gasteiger partial charge is 0.480 e. The summed E-state index contributed by atoms with van der Waals surface area (Å²) >= 11 is 7.77. The van der Waals surface area contributed by atoms with Gasteiger partial charge in [-0.2, -0.15) is 25.3 Å². The van der Waals surface area contributed by atoms with E-state index in [1.54, 1.807) is 0 Å². The zero-order chi connectivity index (χ0) is 28.3. The Morgan fingerprint density at radius 1 is 0.892 bits per heavy atom. The first-order valence-electron chi connectivity index (χ1n) is 11.3. The second-order valence-corrected chi connectivity index (χ2v) is 9.01. The van der Waals surface area contributed by atoms with Gasteiger partial charge < -0.3 is 47.2 Å². The molecule has 0 unspecified atom stereocenters. The maximum atomic E-state index is 13.0. The van der Waals surface area contributed by atoms with E-state index in [1.165, 1.54) is 6.92 Å². The summed E-state index contributed by atoms with van der Waals surface area (Å²) in [7, 11) is 0. The van der Waals surface area contributed by atoms with Gasteiger partial charge >= 0.3 is 5.97 Å². The molecule has 1 fully saturated rings. The van der Waals surface area contributed by atoms with Gasteiger partial charge in [-0.15, -0.1) is 0 Å². The van der Waals surface area contributed by atoms with Crippen LogP contribution in [0.4, 0.5) is 0 Å². The number of aliphatic hydroxyl groups is 2. The molecule has 1 aliphatic heterocycles. The highest BCUT2D eigenvalue weighted by atomic mass is 32.1. The highest BCUT2D eigenvalue weighted by Gasteiger charge is 2.39. The van der Waals surface area contributed by atoms with E-state index in [1.807, 2.05) is 0 Å². The van der Waals surface area contributed by atoms with Crippen LogP contribution in [0.15, 0.2) is 0 Å². The van der Waals surface area contributed by atoms with Gasteiger partial charge in [0.25, 0.3) is 0 Å². The number of likely N-dealkylation sites (tertiary alicyclic amines) is 1. The molecule has 1 heterocycles. The smallest absolute Gasteiger partial charge is 0.327 e. The zero-order valence-corrected chi connectivity index (χ0v) is 21.9. The lowest BCUT2D eigenvalue weighted by atomic mass is 10.1. The molecule has 0 radical (unpaired) electrons. The maximum absolute atomic E-state index is 13.0. The Morgan fingerprint density at radius 2 is 1.49 bits per heavy atom. The topological polar surface area (TPSA) is 240 Å². The molecule has 0 aromatic heterocycles. The lowest BCUT2D eigenvalue weighted by Crippen LogP contribution is -2.60. The van der Waals surface area contributed by atoms with Crippen LogP contribution in [0, 0.1) is 0 Å². The summed E-state index contributed by atoms with van der Waals surface area (Å²) in [4.78, 5) is 74.7. The molecule has 1 rings (SSSR count). The van der Waals surface area contributed by atoms with Crippen LogP contribution in [-0.4, -0.2) is 123 Å². The molecular weight excluding hydrogens is 532 g/mol. The molecule has 0 aromatic carbocycles. The molecular formula is C20H34N6O9S2. The number of carboxylic acids is 1. The van der Waals surface area contributed by atoms with Crippen molar-refractivity contribution in [1.29, 1.82) is 0 Å². The number of rotatable bonds is 14. The van der Waals surface area contributed by atoms with Crippen molar-refractivity contribution in [3.8, 4) is 0 Å². The Hall–Kier alpha value is -2.60. The Kier molecular flexibility index (Phi) is 13.7. The predicted octanol–water partition coefficient (Wildman–Crippen LogP) is -4.81. The number of nitrogens with one attached hydrogen (secondary N) is 4. The Balaban J connectivity index is 2.82. The zero-order valence-electron chi connectivity index (χ0n) is 20.1. The number of amides is 5. The Bertz CT molecular complexity index is 864. The number of nitrogens with two attached hydrogens (primary N) is 1. The molecule has 5 amide bonds. The van der Waals surface area contributed by atoms with Crippen LogP contribution in [0.5, 0.6) is 0 Å². The van der Waals surface area contributed by atoms with Crippen molar-refractivity contribution in [2.24, 2.45) is 5.73 Å². The number of carbonyl (C=O) groups is 6. The van der Waals surface area contributed by atoms with Gasteiger partial charge in [0.2, 0.25) is 29.5 Å². The molecule has 6 atom stereocenters. The normalized spacial score (nSPS) is 19.1. The fraction of sp³-hybridized carbons (Fsp3) is 0.700. The maximum Gasteiger partial charge on any atom is 0.327 e. The highest BCUT2D eigenvalue weighted by molar-refractivity contribution is 7.80. The van der Waals surface area contributed by atoms with Crippen LogP contribution in [0.2, 0.25) is 0 Å². The third kappa shape index (κ3) is 9.33. The molecule has 0 bridgehead atoms. The fourth-order valence-electron chi connectivity index (χ4n) is 3.37. The molecule has 0 aliphatic carbocycles. The van der Waals surface area contributed by atoms with Gasteiger partial charge in [-0.1, -0.05) is 0 Å². The summed E-state index contributed by atoms with van der Waals surface area (Å²) < 4.78 is 0. The second-order valence-electron chi connectivity index (χ2n) is 8.28. The molecule has 1 saturated heterocycles. The molecule has 15 nitrogen and oxygen atoms in total. The van der Waals surface area contributed by atoms with Crippen molar-refractivity contribution in [3.63, 3.8) is 0 Å². The number of nitrogens with zero attached hydrogens (tertiary/aromatic N) is 1. The van der Waals surface area contributed by atoms with Crippen LogP contribution >= 0.6 is 25.3 Å². The van der Waals surface area contributed by atoms with Gasteiger partial charge in [0.1, 0.15) is 30.2 Å². The average Bonchev–Trinajstić information content (AvgIpc) is 3.37. The minimum atomic E-state index is -1.53. The van der Waals surface area contributed by atoms with E-state index in [0.29, 0.717) is 6.42 Å². The highest BCUT2D eigenvalue weighted by Crippen LogP contribution is 2.19. The standard InChI is InChI=1S/C20H34N6O9S2/c1-9(22-16(30)10(21)7-36)15(29)23-11(5-27)17(31)24-12(6-28)19(33)26-4-2-3-14(26)18(32)25-13(8-37)20(34)35/h9-14,27-28,36-37H,2-8,21H2,1H3,(H,22,30)(H,23,29)(H,24,31)(H,25,32)(H,34,35)/t9-,10-,11-,12-,13-,14-/m0/s1. The summed E-state index contributed by atoms with van der Waals surface area (Å²) in [5.41, 5.74) is 5.52. The first-order valence-corrected chi connectivity index (χ1v) is 12.6. The van der Waals surface area contributed by atoms with E-state index < -0.39 is 85.0 Å². The van der Waals surface area contributed by atoms with Crippen LogP contribution in [0.25, 0.3) is 0 Å². The van der Waals surface area contributed by atoms with Crippen LogP contribution in [-0.2, 0) is 28.8 Å². The molecule has 0 aromatic rings. The second kappa shape index (κ2) is 15.6. The van der Waals surface area contributed by atoms with Crippen molar-refractivity contribution in [2.75, 3.05) is 31.3 Å². The number of carboxylic acid groups (broad SMARTS) is 1. The number of aliphatic carboxylic acids is 1. The van der Waals surface area contributed by atoms with Crippen LogP contribution in [0.3, 0.4) is 0 Å². The average molecular weight is 567 g/mol. The summed E-state index contributed by atoms with van der Waals surface area (Å²) in [6.07, 6.45) is 0.655. The fourth-order valence-corrected chi connectivity index (χ4v) is 3.79. The van der Waals surface area contributed by atoms with E-state index >= 15 is 0 Å². The molecule has 9 N–H and O–H groups in total. The molecule has 1 aliphatic rings. The van der Waals surface area contributed by atoms with E-state index in [2.05, 4.69) is 46.5 Å². The number of aliphatic hydroxyl groups excluding tert-OH is 2. The van der Waals surface area contributed by atoms with Crippen molar-refractivity contribution < 1.29 is 44.1 Å². The first kappa shape index (κ1) is 32.4. The Morgan fingerprint density at radius 3 is 2.00 bits per heavy atom. The quantitative estimate of drug-likeness (QED) is 0.0900. The summed E-state index contributed by atoms with van der Waals surface area (Å²) in [6.45, 7) is -0.278. The summed E-state index contributed by atoms with van der Waals surface area (Å²) in [6, 6.07) is -7.42. The van der Waals surface area contributed by atoms with Gasteiger partial charge in [-0.05, 0) is 19.8 Å². The molecule has 17 heteroatoms. The summed E-state index contributed by atoms with van der Waals surface area (Å²) in [5.74, 6) is -5.44. The predicted molar refractivity (Wildman–Crippen MR) is 136 cm³/mol. The molecule has 37 heavy (non-hydrogen) atoms. The number of hydrogen-bond donors (Lipinski definition) is 10. The molecule has 0 saturated carbocycles. The van der Waals surface area contributed by atoms with Crippen molar-refractivity contribution >= 4 is 60.8 Å². The first-order chi connectivity index (χ1) is 17.4. The van der Waals surface area contributed by atoms with E-state index in [4.69, 9.17) is 10.8 Å². The van der Waals surface area contributed by atoms with Crippen LogP contribution in [0.1, 0.15) is 19.8 Å². The molecule has 0 spiro atoms. The van der Waals surface area contributed by atoms with E-state index in [9.17, 15) is 39.0 Å². The third-order valence-corrected chi connectivity index (χ3v) is 6.29. The molecule has 210 valence electrons. The number of thiol groups is 2. The third-order valence-electron chi connectivity index (χ3n) is 5.53. The lowest BCUT2D eigenvalue weighted by molar-refractivity contribution is -0.145. The number of carbonyl (C=O) groups excluding carboxylic acids is 5. The SMILES string of the molecule is C[C@H](NC(=O)[C@@H](N)CS)C(=O)N[C@@H](CO)C(=O)N[C@@H](CO)C(=O)N1CCC[C@H]1C(=O)N[C@@H](CS)C(=O)O. The van der Waals surface area contributed by atoms with Gasteiger partial charge in [-0.25, -0.2) is 4.79 Å². The monoisotopic (exact) mass is 566 g/mol. The Labute approximate surface area is 224 Å². The summed E-state index contributed by atoms with van der Waals surface area (Å²) in [5, 5.41) is 37.5. The van der Waals surface area contributed by atoms with Gasteiger partial charge in [-0.3, -0.25) is 24.0 Å².